The van der Waals surface area contributed by atoms with E-state index in [4.69, 9.17) is 0 Å². The summed E-state index contributed by atoms with van der Waals surface area (Å²) in [5.41, 5.74) is 0.566. The van der Waals surface area contributed by atoms with Crippen LogP contribution in [0.25, 0.3) is 0 Å². The van der Waals surface area contributed by atoms with E-state index in [9.17, 15) is 13.2 Å². The van der Waals surface area contributed by atoms with Gasteiger partial charge in [-0.15, -0.1) is 0 Å². The Kier molecular flexibility index (Phi) is 4.93. The number of carbonyl (C=O) groups excluding carboxylic acids is 1. The van der Waals surface area contributed by atoms with E-state index in [1.54, 1.807) is 18.5 Å². The van der Waals surface area contributed by atoms with Crippen LogP contribution < -0.4 is 0 Å². The van der Waals surface area contributed by atoms with Gasteiger partial charge in [-0.25, -0.2) is 12.7 Å². The van der Waals surface area contributed by atoms with Gasteiger partial charge in [-0.05, 0) is 40.8 Å². The Bertz CT molecular complexity index is 603. The predicted molar refractivity (Wildman–Crippen MR) is 80.0 cm³/mol. The molecule has 1 aromatic rings. The van der Waals surface area contributed by atoms with Crippen LogP contribution in [0.4, 0.5) is 0 Å². The van der Waals surface area contributed by atoms with Gasteiger partial charge >= 0.3 is 0 Å². The molecule has 0 bridgehead atoms. The van der Waals surface area contributed by atoms with Crippen molar-refractivity contribution in [1.82, 2.24) is 9.29 Å². The fraction of sp³-hybridized carbons (Fsp3) is 0.538. The summed E-state index contributed by atoms with van der Waals surface area (Å²) >= 11 is 3.29. The molecule has 1 aromatic heterocycles. The van der Waals surface area contributed by atoms with Crippen molar-refractivity contribution in [2.45, 2.75) is 19.3 Å². The smallest absolute Gasteiger partial charge is 0.211 e. The van der Waals surface area contributed by atoms with Gasteiger partial charge in [0, 0.05) is 41.9 Å². The highest BCUT2D eigenvalue weighted by molar-refractivity contribution is 9.10. The Labute approximate surface area is 127 Å². The van der Waals surface area contributed by atoms with Crippen LogP contribution in [-0.2, 0) is 10.0 Å². The van der Waals surface area contributed by atoms with Gasteiger partial charge in [0.2, 0.25) is 10.0 Å². The van der Waals surface area contributed by atoms with Crippen molar-refractivity contribution in [3.05, 3.63) is 28.5 Å². The molecule has 1 aliphatic heterocycles. The Morgan fingerprint density at radius 3 is 2.90 bits per heavy atom. The molecule has 1 fully saturated rings. The SMILES string of the molecule is CS(=O)(=O)N1CCCC(CC(=O)c2cncc(Br)c2)C1. The molecule has 20 heavy (non-hydrogen) atoms. The highest BCUT2D eigenvalue weighted by Gasteiger charge is 2.27. The second-order valence-electron chi connectivity index (χ2n) is 5.15. The zero-order chi connectivity index (χ0) is 14.8. The molecule has 1 unspecified atom stereocenters. The van der Waals surface area contributed by atoms with Gasteiger partial charge in [0.25, 0.3) is 0 Å². The first-order valence-electron chi connectivity index (χ1n) is 6.45. The van der Waals surface area contributed by atoms with E-state index in [1.165, 1.54) is 10.6 Å². The number of pyridine rings is 1. The molecule has 0 aliphatic carbocycles. The van der Waals surface area contributed by atoms with Crippen LogP contribution in [0.1, 0.15) is 29.6 Å². The number of nitrogens with zero attached hydrogens (tertiary/aromatic N) is 2. The highest BCUT2D eigenvalue weighted by atomic mass is 79.9. The molecule has 0 N–H and O–H groups in total. The van der Waals surface area contributed by atoms with Crippen molar-refractivity contribution in [2.75, 3.05) is 19.3 Å². The number of carbonyl (C=O) groups is 1. The van der Waals surface area contributed by atoms with Gasteiger partial charge in [-0.3, -0.25) is 9.78 Å². The zero-order valence-electron chi connectivity index (χ0n) is 11.3. The van der Waals surface area contributed by atoms with Gasteiger partial charge in [-0.2, -0.15) is 0 Å². The summed E-state index contributed by atoms with van der Waals surface area (Å²) < 4.78 is 25.3. The van der Waals surface area contributed by atoms with Crippen LogP contribution in [-0.4, -0.2) is 42.8 Å². The van der Waals surface area contributed by atoms with Crippen molar-refractivity contribution in [3.63, 3.8) is 0 Å². The Morgan fingerprint density at radius 1 is 1.50 bits per heavy atom. The number of Topliss-reactive ketones (excluding diaryl/α,β-unsaturated/α-hetero) is 1. The largest absolute Gasteiger partial charge is 0.294 e. The molecule has 7 heteroatoms. The molecule has 0 aromatic carbocycles. The fourth-order valence-corrected chi connectivity index (χ4v) is 3.75. The topological polar surface area (TPSA) is 67.3 Å². The third-order valence-electron chi connectivity index (χ3n) is 3.45. The molecule has 1 atom stereocenters. The quantitative estimate of drug-likeness (QED) is 0.771. The minimum atomic E-state index is -3.16. The lowest BCUT2D eigenvalue weighted by Gasteiger charge is -2.30. The lowest BCUT2D eigenvalue weighted by atomic mass is 9.92. The summed E-state index contributed by atoms with van der Waals surface area (Å²) in [6, 6.07) is 1.74. The van der Waals surface area contributed by atoms with E-state index in [2.05, 4.69) is 20.9 Å². The van der Waals surface area contributed by atoms with Gasteiger partial charge in [0.15, 0.2) is 5.78 Å². The molecular formula is C13H17BrN2O3S. The first kappa shape index (κ1) is 15.6. The second kappa shape index (κ2) is 6.32. The molecule has 0 saturated carbocycles. The van der Waals surface area contributed by atoms with E-state index >= 15 is 0 Å². The minimum Gasteiger partial charge on any atom is -0.294 e. The summed E-state index contributed by atoms with van der Waals surface area (Å²) in [7, 11) is -3.16. The Hall–Kier alpha value is -0.790. The van der Waals surface area contributed by atoms with Crippen LogP contribution in [0.5, 0.6) is 0 Å². The van der Waals surface area contributed by atoms with Crippen molar-refractivity contribution in [3.8, 4) is 0 Å². The number of aromatic nitrogens is 1. The standard InChI is InChI=1S/C13H17BrN2O3S/c1-20(18,19)16-4-2-3-10(9-16)5-13(17)11-6-12(14)8-15-7-11/h6-8,10H,2-5,9H2,1H3. The monoisotopic (exact) mass is 360 g/mol. The number of ketones is 1. The fourth-order valence-electron chi connectivity index (χ4n) is 2.44. The Morgan fingerprint density at radius 2 is 2.25 bits per heavy atom. The number of piperidine rings is 1. The number of hydrogen-bond acceptors (Lipinski definition) is 4. The number of sulfonamides is 1. The Balaban J connectivity index is 2.01. The molecule has 2 heterocycles. The maximum atomic E-state index is 12.2. The summed E-state index contributed by atoms with van der Waals surface area (Å²) in [5, 5.41) is 0. The van der Waals surface area contributed by atoms with E-state index in [0.717, 1.165) is 17.3 Å². The molecule has 110 valence electrons. The first-order chi connectivity index (χ1) is 9.36. The molecule has 2 rings (SSSR count). The minimum absolute atomic E-state index is 0.0131. The number of rotatable bonds is 4. The maximum absolute atomic E-state index is 12.2. The van der Waals surface area contributed by atoms with Crippen molar-refractivity contribution >= 4 is 31.7 Å². The predicted octanol–water partition coefficient (Wildman–Crippen LogP) is 2.09. The van der Waals surface area contributed by atoms with Gasteiger partial charge in [-0.1, -0.05) is 0 Å². The second-order valence-corrected chi connectivity index (χ2v) is 8.05. The summed E-state index contributed by atoms with van der Waals surface area (Å²) in [5.74, 6) is 0.101. The first-order valence-corrected chi connectivity index (χ1v) is 9.09. The molecule has 5 nitrogen and oxygen atoms in total. The molecule has 0 spiro atoms. The third-order valence-corrected chi connectivity index (χ3v) is 5.16. The lowest BCUT2D eigenvalue weighted by Crippen LogP contribution is -2.39. The average Bonchev–Trinajstić information content (AvgIpc) is 2.38. The molecule has 0 amide bonds. The lowest BCUT2D eigenvalue weighted by molar-refractivity contribution is 0.0942. The summed E-state index contributed by atoms with van der Waals surface area (Å²) in [6.07, 6.45) is 6.45. The average molecular weight is 361 g/mol. The number of halogens is 1. The maximum Gasteiger partial charge on any atom is 0.211 e. The van der Waals surface area contributed by atoms with Gasteiger partial charge < -0.3 is 0 Å². The molecule has 1 aliphatic rings. The van der Waals surface area contributed by atoms with Gasteiger partial charge in [0.1, 0.15) is 0 Å². The zero-order valence-corrected chi connectivity index (χ0v) is 13.7. The van der Waals surface area contributed by atoms with Crippen LogP contribution in [0.3, 0.4) is 0 Å². The molecular weight excluding hydrogens is 344 g/mol. The van der Waals surface area contributed by atoms with E-state index in [0.29, 0.717) is 25.1 Å². The molecule has 0 radical (unpaired) electrons. The van der Waals surface area contributed by atoms with Crippen LogP contribution in [0.2, 0.25) is 0 Å². The van der Waals surface area contributed by atoms with Crippen molar-refractivity contribution in [1.29, 1.82) is 0 Å². The number of hydrogen-bond donors (Lipinski definition) is 0. The van der Waals surface area contributed by atoms with Gasteiger partial charge in [0.05, 0.1) is 6.26 Å². The van der Waals surface area contributed by atoms with E-state index in [-0.39, 0.29) is 11.7 Å². The van der Waals surface area contributed by atoms with Crippen LogP contribution in [0, 0.1) is 5.92 Å². The third kappa shape index (κ3) is 4.10. The highest BCUT2D eigenvalue weighted by Crippen LogP contribution is 2.23. The van der Waals surface area contributed by atoms with E-state index in [1.807, 2.05) is 0 Å². The van der Waals surface area contributed by atoms with Crippen molar-refractivity contribution < 1.29 is 13.2 Å². The van der Waals surface area contributed by atoms with E-state index < -0.39 is 10.0 Å². The van der Waals surface area contributed by atoms with Crippen LogP contribution in [0.15, 0.2) is 22.9 Å². The van der Waals surface area contributed by atoms with Crippen LogP contribution >= 0.6 is 15.9 Å². The van der Waals surface area contributed by atoms with Crippen molar-refractivity contribution in [2.24, 2.45) is 5.92 Å². The summed E-state index contributed by atoms with van der Waals surface area (Å²) in [6.45, 7) is 0.994. The molecule has 1 saturated heterocycles. The summed E-state index contributed by atoms with van der Waals surface area (Å²) in [4.78, 5) is 16.2. The normalized spacial score (nSPS) is 20.8.